The van der Waals surface area contributed by atoms with Crippen LogP contribution in [0.15, 0.2) is 0 Å². The molecule has 0 saturated heterocycles. The van der Waals surface area contributed by atoms with E-state index in [4.69, 9.17) is 14.6 Å². The zero-order valence-electron chi connectivity index (χ0n) is 9.58. The van der Waals surface area contributed by atoms with Crippen molar-refractivity contribution in [1.82, 2.24) is 5.32 Å². The average molecular weight is 217 g/mol. The van der Waals surface area contributed by atoms with E-state index in [0.29, 0.717) is 25.4 Å². The normalized spacial score (nSPS) is 26.8. The maximum Gasteiger partial charge on any atom is 0.0724 e. The van der Waals surface area contributed by atoms with E-state index in [1.807, 2.05) is 0 Å². The number of aliphatic hydroxyl groups excluding tert-OH is 1. The molecule has 0 spiro atoms. The van der Waals surface area contributed by atoms with Crippen molar-refractivity contribution in [2.45, 2.75) is 37.8 Å². The van der Waals surface area contributed by atoms with Gasteiger partial charge in [0.1, 0.15) is 0 Å². The number of ether oxygens (including phenoxy) is 2. The standard InChI is InChI=1S/C11H23NO3/c1-14-11-5-3-2-4-10(11)12-6-8-15-9-7-13/h10-13H,2-9H2,1H3. The molecule has 1 rings (SSSR count). The lowest BCUT2D eigenvalue weighted by Crippen LogP contribution is -2.44. The summed E-state index contributed by atoms with van der Waals surface area (Å²) in [4.78, 5) is 0. The van der Waals surface area contributed by atoms with Crippen molar-refractivity contribution in [3.05, 3.63) is 0 Å². The van der Waals surface area contributed by atoms with Crippen LogP contribution in [0.3, 0.4) is 0 Å². The lowest BCUT2D eigenvalue weighted by atomic mass is 9.92. The summed E-state index contributed by atoms with van der Waals surface area (Å²) in [5.41, 5.74) is 0. The van der Waals surface area contributed by atoms with Crippen LogP contribution in [-0.4, -0.2) is 50.7 Å². The van der Waals surface area contributed by atoms with E-state index < -0.39 is 0 Å². The molecule has 0 amide bonds. The highest BCUT2D eigenvalue weighted by molar-refractivity contribution is 4.81. The Morgan fingerprint density at radius 1 is 1.27 bits per heavy atom. The Bertz CT molecular complexity index is 155. The molecule has 1 fully saturated rings. The maximum absolute atomic E-state index is 8.53. The van der Waals surface area contributed by atoms with Crippen molar-refractivity contribution in [3.63, 3.8) is 0 Å². The Morgan fingerprint density at radius 3 is 2.80 bits per heavy atom. The fourth-order valence-electron chi connectivity index (χ4n) is 2.10. The van der Waals surface area contributed by atoms with Gasteiger partial charge in [-0.1, -0.05) is 12.8 Å². The van der Waals surface area contributed by atoms with Gasteiger partial charge in [-0.3, -0.25) is 0 Å². The van der Waals surface area contributed by atoms with E-state index in [9.17, 15) is 0 Å². The molecule has 0 heterocycles. The first-order valence-corrected chi connectivity index (χ1v) is 5.83. The highest BCUT2D eigenvalue weighted by atomic mass is 16.5. The average Bonchev–Trinajstić information content (AvgIpc) is 2.29. The predicted molar refractivity (Wildman–Crippen MR) is 59.0 cm³/mol. The first-order chi connectivity index (χ1) is 7.38. The van der Waals surface area contributed by atoms with Crippen LogP contribution in [0.25, 0.3) is 0 Å². The summed E-state index contributed by atoms with van der Waals surface area (Å²) < 4.78 is 10.6. The Hall–Kier alpha value is -0.160. The van der Waals surface area contributed by atoms with Gasteiger partial charge in [0.05, 0.1) is 25.9 Å². The summed E-state index contributed by atoms with van der Waals surface area (Å²) in [7, 11) is 1.78. The second kappa shape index (κ2) is 8.05. The molecule has 0 radical (unpaired) electrons. The van der Waals surface area contributed by atoms with Crippen LogP contribution in [0.4, 0.5) is 0 Å². The molecule has 2 unspecified atom stereocenters. The number of nitrogens with one attached hydrogen (secondary N) is 1. The van der Waals surface area contributed by atoms with Gasteiger partial charge in [0.2, 0.25) is 0 Å². The van der Waals surface area contributed by atoms with E-state index in [0.717, 1.165) is 13.0 Å². The van der Waals surface area contributed by atoms with E-state index in [2.05, 4.69) is 5.32 Å². The van der Waals surface area contributed by atoms with Gasteiger partial charge in [-0.2, -0.15) is 0 Å². The van der Waals surface area contributed by atoms with E-state index >= 15 is 0 Å². The SMILES string of the molecule is COC1CCCCC1NCCOCCO. The third-order valence-electron chi connectivity index (χ3n) is 2.89. The molecule has 0 bridgehead atoms. The van der Waals surface area contributed by atoms with Crippen LogP contribution in [0.5, 0.6) is 0 Å². The van der Waals surface area contributed by atoms with Crippen LogP contribution in [0.1, 0.15) is 25.7 Å². The summed E-state index contributed by atoms with van der Waals surface area (Å²) in [6.45, 7) is 2.03. The summed E-state index contributed by atoms with van der Waals surface area (Å²) in [6.07, 6.45) is 5.27. The molecule has 1 aliphatic carbocycles. The minimum atomic E-state index is 0.101. The molecule has 90 valence electrons. The monoisotopic (exact) mass is 217 g/mol. The first-order valence-electron chi connectivity index (χ1n) is 5.83. The van der Waals surface area contributed by atoms with Gasteiger partial charge >= 0.3 is 0 Å². The molecule has 15 heavy (non-hydrogen) atoms. The Kier molecular flexibility index (Phi) is 6.92. The van der Waals surface area contributed by atoms with Crippen molar-refractivity contribution < 1.29 is 14.6 Å². The third-order valence-corrected chi connectivity index (χ3v) is 2.89. The van der Waals surface area contributed by atoms with Gasteiger partial charge in [0, 0.05) is 19.7 Å². The van der Waals surface area contributed by atoms with Gasteiger partial charge in [0.25, 0.3) is 0 Å². The molecule has 0 aromatic carbocycles. The summed E-state index contributed by atoms with van der Waals surface area (Å²) in [5, 5.41) is 12.0. The zero-order valence-corrected chi connectivity index (χ0v) is 9.58. The fourth-order valence-corrected chi connectivity index (χ4v) is 2.10. The van der Waals surface area contributed by atoms with Crippen molar-refractivity contribution in [2.75, 3.05) is 33.5 Å². The quantitative estimate of drug-likeness (QED) is 0.611. The van der Waals surface area contributed by atoms with E-state index in [1.165, 1.54) is 19.3 Å². The highest BCUT2D eigenvalue weighted by Gasteiger charge is 2.23. The number of hydrogen-bond acceptors (Lipinski definition) is 4. The maximum atomic E-state index is 8.53. The fraction of sp³-hybridized carbons (Fsp3) is 1.00. The molecule has 0 aromatic heterocycles. The van der Waals surface area contributed by atoms with Gasteiger partial charge < -0.3 is 19.9 Å². The minimum absolute atomic E-state index is 0.101. The van der Waals surface area contributed by atoms with Crippen LogP contribution in [0, 0.1) is 0 Å². The minimum Gasteiger partial charge on any atom is -0.394 e. The zero-order chi connectivity index (χ0) is 10.9. The van der Waals surface area contributed by atoms with Crippen LogP contribution < -0.4 is 5.32 Å². The molecule has 1 saturated carbocycles. The summed E-state index contributed by atoms with van der Waals surface area (Å²) >= 11 is 0. The molecule has 2 N–H and O–H groups in total. The Morgan fingerprint density at radius 2 is 2.07 bits per heavy atom. The Balaban J connectivity index is 2.07. The smallest absolute Gasteiger partial charge is 0.0724 e. The number of methoxy groups -OCH3 is 1. The van der Waals surface area contributed by atoms with E-state index in [1.54, 1.807) is 7.11 Å². The molecule has 2 atom stereocenters. The lowest BCUT2D eigenvalue weighted by Gasteiger charge is -2.31. The molecule has 1 aliphatic rings. The van der Waals surface area contributed by atoms with Crippen molar-refractivity contribution in [2.24, 2.45) is 0 Å². The molecule has 4 nitrogen and oxygen atoms in total. The number of hydrogen-bond donors (Lipinski definition) is 2. The highest BCUT2D eigenvalue weighted by Crippen LogP contribution is 2.20. The van der Waals surface area contributed by atoms with Crippen LogP contribution >= 0.6 is 0 Å². The van der Waals surface area contributed by atoms with Gasteiger partial charge in [-0.15, -0.1) is 0 Å². The predicted octanol–water partition coefficient (Wildman–Crippen LogP) is 0.542. The number of aliphatic hydroxyl groups is 1. The second-order valence-corrected chi connectivity index (χ2v) is 3.96. The molecule has 4 heteroatoms. The Labute approximate surface area is 92.0 Å². The third kappa shape index (κ3) is 4.93. The molecule has 0 aromatic rings. The second-order valence-electron chi connectivity index (χ2n) is 3.96. The van der Waals surface area contributed by atoms with E-state index in [-0.39, 0.29) is 6.61 Å². The lowest BCUT2D eigenvalue weighted by molar-refractivity contribution is 0.0360. The van der Waals surface area contributed by atoms with Crippen molar-refractivity contribution in [1.29, 1.82) is 0 Å². The van der Waals surface area contributed by atoms with Crippen molar-refractivity contribution >= 4 is 0 Å². The van der Waals surface area contributed by atoms with Crippen LogP contribution in [-0.2, 0) is 9.47 Å². The molecular formula is C11H23NO3. The van der Waals surface area contributed by atoms with Crippen molar-refractivity contribution in [3.8, 4) is 0 Å². The van der Waals surface area contributed by atoms with Crippen LogP contribution in [0.2, 0.25) is 0 Å². The van der Waals surface area contributed by atoms with Gasteiger partial charge in [0.15, 0.2) is 0 Å². The summed E-state index contributed by atoms with van der Waals surface area (Å²) in [5.74, 6) is 0. The largest absolute Gasteiger partial charge is 0.394 e. The first kappa shape index (κ1) is 12.9. The number of rotatable bonds is 7. The molecule has 0 aliphatic heterocycles. The van der Waals surface area contributed by atoms with Gasteiger partial charge in [-0.25, -0.2) is 0 Å². The summed E-state index contributed by atoms with van der Waals surface area (Å²) in [6, 6.07) is 0.474. The van der Waals surface area contributed by atoms with Gasteiger partial charge in [-0.05, 0) is 12.8 Å². The topological polar surface area (TPSA) is 50.7 Å². The molecular weight excluding hydrogens is 194 g/mol.